The standard InChI is InChI=1S/C12H12.C2H6/c1-3-11-9(2)8-10-6-4-5-7-12(10)11;1-2/h3-7H,2,8H2,1H3;1-2H3/b11-3+;. The molecule has 0 aromatic heterocycles. The summed E-state index contributed by atoms with van der Waals surface area (Å²) in [6.07, 6.45) is 3.17. The summed E-state index contributed by atoms with van der Waals surface area (Å²) in [5, 5.41) is 0. The molecule has 0 fully saturated rings. The molecule has 2 rings (SSSR count). The Morgan fingerprint density at radius 2 is 1.86 bits per heavy atom. The van der Waals surface area contributed by atoms with Gasteiger partial charge in [0.25, 0.3) is 0 Å². The Kier molecular flexibility index (Phi) is 3.70. The number of rotatable bonds is 0. The average molecular weight is 186 g/mol. The van der Waals surface area contributed by atoms with Crippen LogP contribution in [0.1, 0.15) is 31.9 Å². The summed E-state index contributed by atoms with van der Waals surface area (Å²) in [5.41, 5.74) is 5.35. The summed E-state index contributed by atoms with van der Waals surface area (Å²) < 4.78 is 0. The lowest BCUT2D eigenvalue weighted by Gasteiger charge is -1.98. The molecule has 0 saturated heterocycles. The van der Waals surface area contributed by atoms with E-state index >= 15 is 0 Å². The van der Waals surface area contributed by atoms with Crippen molar-refractivity contribution >= 4 is 5.57 Å². The van der Waals surface area contributed by atoms with Crippen molar-refractivity contribution in [2.24, 2.45) is 0 Å². The molecular weight excluding hydrogens is 168 g/mol. The molecule has 0 atom stereocenters. The molecule has 0 unspecified atom stereocenters. The van der Waals surface area contributed by atoms with E-state index in [4.69, 9.17) is 0 Å². The Labute approximate surface area is 87.0 Å². The van der Waals surface area contributed by atoms with Crippen LogP contribution in [0, 0.1) is 0 Å². The van der Waals surface area contributed by atoms with E-state index < -0.39 is 0 Å². The summed E-state index contributed by atoms with van der Waals surface area (Å²) in [6, 6.07) is 8.52. The largest absolute Gasteiger partial charge is 0.0949 e. The van der Waals surface area contributed by atoms with Crippen molar-refractivity contribution in [2.75, 3.05) is 0 Å². The van der Waals surface area contributed by atoms with Gasteiger partial charge in [0.2, 0.25) is 0 Å². The van der Waals surface area contributed by atoms with E-state index in [1.165, 1.54) is 22.3 Å². The minimum Gasteiger partial charge on any atom is -0.0949 e. The van der Waals surface area contributed by atoms with E-state index in [2.05, 4.69) is 43.8 Å². The zero-order valence-electron chi connectivity index (χ0n) is 9.30. The van der Waals surface area contributed by atoms with Crippen LogP contribution in [0.3, 0.4) is 0 Å². The van der Waals surface area contributed by atoms with E-state index in [0.717, 1.165) is 6.42 Å². The first-order valence-electron chi connectivity index (χ1n) is 5.25. The molecule has 1 aromatic rings. The van der Waals surface area contributed by atoms with Gasteiger partial charge in [-0.15, -0.1) is 0 Å². The predicted molar refractivity (Wildman–Crippen MR) is 64.3 cm³/mol. The number of allylic oxidation sites excluding steroid dienone is 3. The quantitative estimate of drug-likeness (QED) is 0.569. The molecule has 14 heavy (non-hydrogen) atoms. The fourth-order valence-corrected chi connectivity index (χ4v) is 1.81. The Bertz CT molecular complexity index is 356. The molecule has 0 heteroatoms. The first kappa shape index (κ1) is 10.8. The zero-order chi connectivity index (χ0) is 10.6. The van der Waals surface area contributed by atoms with E-state index in [0.29, 0.717) is 0 Å². The minimum atomic E-state index is 1.02. The fourth-order valence-electron chi connectivity index (χ4n) is 1.81. The second-order valence-electron chi connectivity index (χ2n) is 3.14. The molecule has 74 valence electrons. The van der Waals surface area contributed by atoms with Gasteiger partial charge in [0.05, 0.1) is 0 Å². The van der Waals surface area contributed by atoms with Gasteiger partial charge in [-0.25, -0.2) is 0 Å². The van der Waals surface area contributed by atoms with Crippen LogP contribution >= 0.6 is 0 Å². The maximum Gasteiger partial charge on any atom is -0.00195 e. The summed E-state index contributed by atoms with van der Waals surface area (Å²) in [6.45, 7) is 10.1. The zero-order valence-corrected chi connectivity index (χ0v) is 9.30. The number of fused-ring (bicyclic) bond motifs is 1. The van der Waals surface area contributed by atoms with Gasteiger partial charge >= 0.3 is 0 Å². The van der Waals surface area contributed by atoms with Crippen molar-refractivity contribution in [2.45, 2.75) is 27.2 Å². The highest BCUT2D eigenvalue weighted by atomic mass is 14.2. The molecule has 0 amide bonds. The van der Waals surface area contributed by atoms with Crippen LogP contribution in [-0.4, -0.2) is 0 Å². The van der Waals surface area contributed by atoms with Crippen LogP contribution in [0.4, 0.5) is 0 Å². The molecule has 1 aliphatic rings. The molecule has 0 radical (unpaired) electrons. The Morgan fingerprint density at radius 1 is 1.21 bits per heavy atom. The summed E-state index contributed by atoms with van der Waals surface area (Å²) in [7, 11) is 0. The Morgan fingerprint density at radius 3 is 2.50 bits per heavy atom. The lowest BCUT2D eigenvalue weighted by atomic mass is 10.1. The number of hydrogen-bond donors (Lipinski definition) is 0. The summed E-state index contributed by atoms with van der Waals surface area (Å²) in [5.74, 6) is 0. The van der Waals surface area contributed by atoms with Crippen molar-refractivity contribution in [1.29, 1.82) is 0 Å². The molecule has 0 bridgehead atoms. The van der Waals surface area contributed by atoms with Gasteiger partial charge in [0.1, 0.15) is 0 Å². The van der Waals surface area contributed by atoms with Crippen molar-refractivity contribution in [3.8, 4) is 0 Å². The van der Waals surface area contributed by atoms with Gasteiger partial charge in [-0.3, -0.25) is 0 Å². The summed E-state index contributed by atoms with van der Waals surface area (Å²) >= 11 is 0. The normalized spacial score (nSPS) is 16.2. The van der Waals surface area contributed by atoms with Gasteiger partial charge < -0.3 is 0 Å². The van der Waals surface area contributed by atoms with Crippen LogP contribution in [0.5, 0.6) is 0 Å². The van der Waals surface area contributed by atoms with Crippen molar-refractivity contribution in [3.05, 3.63) is 53.6 Å². The lowest BCUT2D eigenvalue weighted by molar-refractivity contribution is 1.28. The third-order valence-electron chi connectivity index (χ3n) is 2.38. The van der Waals surface area contributed by atoms with E-state index in [1.807, 2.05) is 13.8 Å². The first-order valence-corrected chi connectivity index (χ1v) is 5.25. The van der Waals surface area contributed by atoms with Gasteiger partial charge in [-0.1, -0.05) is 50.8 Å². The second kappa shape index (κ2) is 4.80. The molecule has 0 aliphatic heterocycles. The van der Waals surface area contributed by atoms with Gasteiger partial charge in [0.15, 0.2) is 0 Å². The molecular formula is C14H18. The molecule has 1 aromatic carbocycles. The molecule has 0 saturated carbocycles. The number of benzene rings is 1. The van der Waals surface area contributed by atoms with Crippen LogP contribution < -0.4 is 0 Å². The second-order valence-corrected chi connectivity index (χ2v) is 3.14. The Balaban J connectivity index is 0.000000461. The van der Waals surface area contributed by atoms with Crippen molar-refractivity contribution in [3.63, 3.8) is 0 Å². The molecule has 0 heterocycles. The van der Waals surface area contributed by atoms with Gasteiger partial charge in [-0.05, 0) is 35.6 Å². The molecule has 0 nitrogen and oxygen atoms in total. The van der Waals surface area contributed by atoms with Crippen LogP contribution in [0.25, 0.3) is 5.57 Å². The highest BCUT2D eigenvalue weighted by Gasteiger charge is 2.17. The first-order chi connectivity index (χ1) is 6.83. The topological polar surface area (TPSA) is 0 Å². The smallest absolute Gasteiger partial charge is 0.00195 e. The molecule has 0 spiro atoms. The SMILES string of the molecule is C=C1Cc2ccccc2/C1=C/C.CC. The summed E-state index contributed by atoms with van der Waals surface area (Å²) in [4.78, 5) is 0. The third kappa shape index (κ3) is 1.79. The monoisotopic (exact) mass is 186 g/mol. The maximum absolute atomic E-state index is 4.05. The Hall–Kier alpha value is -1.30. The molecule has 1 aliphatic carbocycles. The maximum atomic E-state index is 4.05. The van der Waals surface area contributed by atoms with Crippen molar-refractivity contribution < 1.29 is 0 Å². The number of hydrogen-bond acceptors (Lipinski definition) is 0. The van der Waals surface area contributed by atoms with E-state index in [1.54, 1.807) is 0 Å². The average Bonchev–Trinajstić information content (AvgIpc) is 2.56. The van der Waals surface area contributed by atoms with Crippen LogP contribution in [-0.2, 0) is 6.42 Å². The minimum absolute atomic E-state index is 1.02. The lowest BCUT2D eigenvalue weighted by Crippen LogP contribution is -1.77. The van der Waals surface area contributed by atoms with Crippen LogP contribution in [0.2, 0.25) is 0 Å². The van der Waals surface area contributed by atoms with Gasteiger partial charge in [-0.2, -0.15) is 0 Å². The third-order valence-corrected chi connectivity index (χ3v) is 2.38. The molecule has 0 N–H and O–H groups in total. The van der Waals surface area contributed by atoms with E-state index in [-0.39, 0.29) is 0 Å². The van der Waals surface area contributed by atoms with Gasteiger partial charge in [0, 0.05) is 0 Å². The fraction of sp³-hybridized carbons (Fsp3) is 0.286. The highest BCUT2D eigenvalue weighted by Crippen LogP contribution is 2.34. The van der Waals surface area contributed by atoms with Crippen molar-refractivity contribution in [1.82, 2.24) is 0 Å². The highest BCUT2D eigenvalue weighted by molar-refractivity contribution is 5.85. The van der Waals surface area contributed by atoms with E-state index in [9.17, 15) is 0 Å². The predicted octanol–water partition coefficient (Wildman–Crippen LogP) is 4.23. The van der Waals surface area contributed by atoms with Crippen LogP contribution in [0.15, 0.2) is 42.5 Å².